The molecule has 2 heterocycles. The maximum absolute atomic E-state index is 12.3. The van der Waals surface area contributed by atoms with Gasteiger partial charge in [0.05, 0.1) is 23.8 Å². The minimum atomic E-state index is -0.480. The fourth-order valence-electron chi connectivity index (χ4n) is 3.61. The predicted octanol–water partition coefficient (Wildman–Crippen LogP) is 2.04. The molecule has 0 radical (unpaired) electrons. The van der Waals surface area contributed by atoms with Crippen molar-refractivity contribution >= 4 is 29.1 Å². The number of hydrogen-bond donors (Lipinski definition) is 2. The van der Waals surface area contributed by atoms with Crippen LogP contribution < -0.4 is 10.1 Å². The van der Waals surface area contributed by atoms with Crippen LogP contribution in [0.15, 0.2) is 12.1 Å². The van der Waals surface area contributed by atoms with Crippen LogP contribution in [0.1, 0.15) is 24.3 Å². The zero-order valence-corrected chi connectivity index (χ0v) is 14.4. The molecule has 2 unspecified atom stereocenters. The molecule has 3 rings (SSSR count). The van der Waals surface area contributed by atoms with Gasteiger partial charge in [-0.3, -0.25) is 4.79 Å². The lowest BCUT2D eigenvalue weighted by Gasteiger charge is -2.45. The van der Waals surface area contributed by atoms with Crippen molar-refractivity contribution in [3.8, 4) is 5.75 Å². The topological polar surface area (TPSA) is 61.8 Å². The highest BCUT2D eigenvalue weighted by Crippen LogP contribution is 2.43. The van der Waals surface area contributed by atoms with Gasteiger partial charge in [0.2, 0.25) is 5.91 Å². The molecule has 23 heavy (non-hydrogen) atoms. The highest BCUT2D eigenvalue weighted by atomic mass is 35.5. The Labute approximate surface area is 145 Å². The fraction of sp³-hybridized carbons (Fsp3) is 0.562. The molecule has 126 valence electrons. The standard InChI is InChI=1S/C16H20Cl2N2O3/c1-23-13-3-2-11(17)15(18)14(13)9-4-5-20-10(6-9)7-19-12(8-21)16(20)22/h2-3,9-10,12,19,21H,4-8H2,1H3/t9?,10?,12-/m1/s1. The fourth-order valence-corrected chi connectivity index (χ4v) is 4.09. The van der Waals surface area contributed by atoms with Crippen molar-refractivity contribution in [2.75, 3.05) is 26.8 Å². The monoisotopic (exact) mass is 358 g/mol. The quantitative estimate of drug-likeness (QED) is 0.867. The molecule has 0 aromatic heterocycles. The molecule has 2 saturated heterocycles. The molecule has 3 atom stereocenters. The molecule has 5 nitrogen and oxygen atoms in total. The van der Waals surface area contributed by atoms with E-state index in [9.17, 15) is 9.90 Å². The number of fused-ring (bicyclic) bond motifs is 1. The van der Waals surface area contributed by atoms with Gasteiger partial charge in [0.15, 0.2) is 0 Å². The highest BCUT2D eigenvalue weighted by Gasteiger charge is 2.40. The van der Waals surface area contributed by atoms with E-state index >= 15 is 0 Å². The zero-order valence-electron chi connectivity index (χ0n) is 12.9. The summed E-state index contributed by atoms with van der Waals surface area (Å²) in [7, 11) is 1.62. The molecule has 2 aliphatic heterocycles. The number of carbonyl (C=O) groups is 1. The lowest BCUT2D eigenvalue weighted by Crippen LogP contribution is -2.63. The van der Waals surface area contributed by atoms with Crippen molar-refractivity contribution in [2.45, 2.75) is 30.8 Å². The molecule has 2 N–H and O–H groups in total. The van der Waals surface area contributed by atoms with Gasteiger partial charge in [-0.15, -0.1) is 0 Å². The summed E-state index contributed by atoms with van der Waals surface area (Å²) < 4.78 is 5.45. The number of nitrogens with one attached hydrogen (secondary N) is 1. The smallest absolute Gasteiger partial charge is 0.242 e. The van der Waals surface area contributed by atoms with Gasteiger partial charge in [0.1, 0.15) is 11.8 Å². The second-order valence-corrected chi connectivity index (χ2v) is 6.81. The average Bonchev–Trinajstić information content (AvgIpc) is 2.57. The first kappa shape index (κ1) is 16.8. The Balaban J connectivity index is 1.84. The van der Waals surface area contributed by atoms with Gasteiger partial charge in [-0.05, 0) is 30.9 Å². The van der Waals surface area contributed by atoms with Crippen molar-refractivity contribution in [2.24, 2.45) is 0 Å². The number of hydrogen-bond acceptors (Lipinski definition) is 4. The molecular weight excluding hydrogens is 339 g/mol. The summed E-state index contributed by atoms with van der Waals surface area (Å²) in [4.78, 5) is 14.2. The van der Waals surface area contributed by atoms with Crippen LogP contribution in [-0.4, -0.2) is 54.8 Å². The number of piperazine rings is 1. The van der Waals surface area contributed by atoms with E-state index in [0.29, 0.717) is 23.1 Å². The van der Waals surface area contributed by atoms with Crippen LogP contribution in [0.3, 0.4) is 0 Å². The Morgan fingerprint density at radius 3 is 2.91 bits per heavy atom. The summed E-state index contributed by atoms with van der Waals surface area (Å²) in [5.41, 5.74) is 0.929. The third kappa shape index (κ3) is 3.03. The summed E-state index contributed by atoms with van der Waals surface area (Å²) in [6, 6.07) is 3.19. The van der Waals surface area contributed by atoms with Gasteiger partial charge in [0.25, 0.3) is 0 Å². The van der Waals surface area contributed by atoms with Crippen LogP contribution in [0.5, 0.6) is 5.75 Å². The molecular formula is C16H20Cl2N2O3. The summed E-state index contributed by atoms with van der Waals surface area (Å²) in [5.74, 6) is 0.908. The minimum Gasteiger partial charge on any atom is -0.496 e. The number of ether oxygens (including phenoxy) is 1. The first-order valence-corrected chi connectivity index (χ1v) is 8.49. The number of piperidine rings is 1. The maximum Gasteiger partial charge on any atom is 0.242 e. The van der Waals surface area contributed by atoms with E-state index < -0.39 is 6.04 Å². The van der Waals surface area contributed by atoms with Gasteiger partial charge in [-0.25, -0.2) is 0 Å². The lowest BCUT2D eigenvalue weighted by molar-refractivity contribution is -0.141. The van der Waals surface area contributed by atoms with E-state index in [-0.39, 0.29) is 24.5 Å². The summed E-state index contributed by atoms with van der Waals surface area (Å²) >= 11 is 12.6. The molecule has 1 aromatic rings. The largest absolute Gasteiger partial charge is 0.496 e. The Kier molecular flexibility index (Phi) is 5.01. The number of benzene rings is 1. The molecule has 0 spiro atoms. The van der Waals surface area contributed by atoms with E-state index in [1.54, 1.807) is 13.2 Å². The molecule has 0 saturated carbocycles. The summed E-state index contributed by atoms with van der Waals surface area (Å²) in [6.45, 7) is 1.16. The Bertz CT molecular complexity index is 611. The number of carbonyl (C=O) groups excluding carboxylic acids is 1. The maximum atomic E-state index is 12.3. The van der Waals surface area contributed by atoms with Crippen LogP contribution in [0, 0.1) is 0 Å². The van der Waals surface area contributed by atoms with Gasteiger partial charge in [-0.1, -0.05) is 23.2 Å². The third-order valence-electron chi connectivity index (χ3n) is 4.80. The number of methoxy groups -OCH3 is 1. The van der Waals surface area contributed by atoms with Gasteiger partial charge in [-0.2, -0.15) is 0 Å². The molecule has 1 amide bonds. The van der Waals surface area contributed by atoms with E-state index in [1.807, 2.05) is 11.0 Å². The van der Waals surface area contributed by atoms with Crippen LogP contribution in [0.25, 0.3) is 0 Å². The first-order chi connectivity index (χ1) is 11.1. The number of halogens is 2. The number of rotatable bonds is 3. The summed E-state index contributed by atoms with van der Waals surface area (Å²) in [5, 5.41) is 13.4. The molecule has 0 aliphatic carbocycles. The Morgan fingerprint density at radius 2 is 2.22 bits per heavy atom. The molecule has 2 fully saturated rings. The van der Waals surface area contributed by atoms with Gasteiger partial charge < -0.3 is 20.1 Å². The van der Waals surface area contributed by atoms with Crippen LogP contribution in [-0.2, 0) is 4.79 Å². The lowest BCUT2D eigenvalue weighted by atomic mass is 9.83. The zero-order chi connectivity index (χ0) is 16.6. The number of amides is 1. The van der Waals surface area contributed by atoms with E-state index in [0.717, 1.165) is 24.2 Å². The SMILES string of the molecule is COc1ccc(Cl)c(Cl)c1C1CCN2C(=O)[C@@H](CO)NCC2C1. The van der Waals surface area contributed by atoms with Crippen molar-refractivity contribution in [3.63, 3.8) is 0 Å². The first-order valence-electron chi connectivity index (χ1n) is 7.73. The number of aliphatic hydroxyl groups is 1. The number of nitrogens with zero attached hydrogens (tertiary/aromatic N) is 1. The molecule has 2 aliphatic rings. The molecule has 1 aromatic carbocycles. The second kappa shape index (κ2) is 6.85. The van der Waals surface area contributed by atoms with Gasteiger partial charge in [0, 0.05) is 24.7 Å². The Morgan fingerprint density at radius 1 is 1.43 bits per heavy atom. The second-order valence-electron chi connectivity index (χ2n) is 6.03. The molecule has 7 heteroatoms. The number of aliphatic hydroxyl groups excluding tert-OH is 1. The molecule has 0 bridgehead atoms. The van der Waals surface area contributed by atoms with Crippen molar-refractivity contribution in [1.82, 2.24) is 10.2 Å². The highest BCUT2D eigenvalue weighted by molar-refractivity contribution is 6.42. The van der Waals surface area contributed by atoms with Gasteiger partial charge >= 0.3 is 0 Å². The van der Waals surface area contributed by atoms with Crippen molar-refractivity contribution in [3.05, 3.63) is 27.7 Å². The van der Waals surface area contributed by atoms with E-state index in [1.165, 1.54) is 0 Å². The van der Waals surface area contributed by atoms with E-state index in [4.69, 9.17) is 27.9 Å². The predicted molar refractivity (Wildman–Crippen MR) is 89.4 cm³/mol. The third-order valence-corrected chi connectivity index (χ3v) is 5.62. The van der Waals surface area contributed by atoms with Crippen molar-refractivity contribution < 1.29 is 14.6 Å². The normalized spacial score (nSPS) is 27.7. The minimum absolute atomic E-state index is 0.0219. The summed E-state index contributed by atoms with van der Waals surface area (Å²) in [6.07, 6.45) is 1.60. The van der Waals surface area contributed by atoms with Crippen LogP contribution in [0.4, 0.5) is 0 Å². The van der Waals surface area contributed by atoms with E-state index in [2.05, 4.69) is 5.32 Å². The average molecular weight is 359 g/mol. The van der Waals surface area contributed by atoms with Crippen LogP contribution in [0.2, 0.25) is 10.0 Å². The Hall–Kier alpha value is -1.01. The van der Waals surface area contributed by atoms with Crippen LogP contribution >= 0.6 is 23.2 Å². The van der Waals surface area contributed by atoms with Crippen molar-refractivity contribution in [1.29, 1.82) is 0 Å².